The highest BCUT2D eigenvalue weighted by molar-refractivity contribution is 7.22. The van der Waals surface area contributed by atoms with Crippen molar-refractivity contribution in [3.05, 3.63) is 51.8 Å². The number of rotatable bonds is 4. The first kappa shape index (κ1) is 17.7. The van der Waals surface area contributed by atoms with Crippen molar-refractivity contribution in [1.82, 2.24) is 4.98 Å². The normalized spacial score (nSPS) is 12.2. The minimum Gasteiger partial charge on any atom is -0.486 e. The number of carbonyl (C=O) groups is 1. The lowest BCUT2D eigenvalue weighted by atomic mass is 10.1. The van der Waals surface area contributed by atoms with Gasteiger partial charge in [0, 0.05) is 5.56 Å². The third-order valence-electron chi connectivity index (χ3n) is 3.37. The molecule has 0 radical (unpaired) electrons. The molecule has 0 saturated heterocycles. The molecular weight excluding hydrogens is 390 g/mol. The molecular formula is C16H11Cl2FN2O3S. The average molecular weight is 401 g/mol. The maximum Gasteiger partial charge on any atom is 0.410 e. The number of halogens is 3. The summed E-state index contributed by atoms with van der Waals surface area (Å²) in [5.41, 5.74) is 0.799. The minimum absolute atomic E-state index is 0.112. The number of amides is 1. The van der Waals surface area contributed by atoms with E-state index in [1.54, 1.807) is 25.1 Å². The molecule has 1 unspecified atom stereocenters. The Hall–Kier alpha value is -2.09. The molecule has 0 aliphatic heterocycles. The van der Waals surface area contributed by atoms with Crippen LogP contribution in [-0.4, -0.2) is 16.2 Å². The van der Waals surface area contributed by atoms with Gasteiger partial charge in [-0.25, -0.2) is 14.2 Å². The smallest absolute Gasteiger partial charge is 0.410 e. The van der Waals surface area contributed by atoms with Crippen molar-refractivity contribution in [2.45, 2.75) is 13.0 Å². The van der Waals surface area contributed by atoms with Crippen LogP contribution in [0.25, 0.3) is 10.2 Å². The monoisotopic (exact) mass is 400 g/mol. The van der Waals surface area contributed by atoms with Crippen LogP contribution < -0.4 is 10.1 Å². The first-order chi connectivity index (χ1) is 11.8. The molecule has 25 heavy (non-hydrogen) atoms. The number of nitrogens with zero attached hydrogens (tertiary/aromatic N) is 1. The molecule has 3 aromatic rings. The highest BCUT2D eigenvalue weighted by Crippen LogP contribution is 2.36. The molecule has 0 spiro atoms. The quantitative estimate of drug-likeness (QED) is 0.528. The molecule has 9 heteroatoms. The molecule has 130 valence electrons. The fourth-order valence-corrected chi connectivity index (χ4v) is 3.66. The van der Waals surface area contributed by atoms with Gasteiger partial charge in [-0.3, -0.25) is 5.32 Å². The van der Waals surface area contributed by atoms with Gasteiger partial charge < -0.3 is 9.84 Å². The van der Waals surface area contributed by atoms with Crippen LogP contribution in [0, 0.1) is 5.82 Å². The number of hydrogen-bond donors (Lipinski definition) is 2. The Bertz CT molecular complexity index is 964. The van der Waals surface area contributed by atoms with Crippen molar-refractivity contribution in [2.75, 3.05) is 5.32 Å². The van der Waals surface area contributed by atoms with Crippen LogP contribution in [0.5, 0.6) is 5.75 Å². The summed E-state index contributed by atoms with van der Waals surface area (Å²) in [6.45, 7) is 1.66. The van der Waals surface area contributed by atoms with Gasteiger partial charge in [-0.05, 0) is 37.3 Å². The zero-order valence-electron chi connectivity index (χ0n) is 12.7. The Balaban J connectivity index is 1.87. The summed E-state index contributed by atoms with van der Waals surface area (Å²) in [7, 11) is 0. The highest BCUT2D eigenvalue weighted by Gasteiger charge is 2.19. The van der Waals surface area contributed by atoms with E-state index in [9.17, 15) is 9.18 Å². The highest BCUT2D eigenvalue weighted by atomic mass is 35.5. The predicted molar refractivity (Wildman–Crippen MR) is 96.7 cm³/mol. The van der Waals surface area contributed by atoms with Gasteiger partial charge in [0.2, 0.25) is 0 Å². The van der Waals surface area contributed by atoms with Crippen molar-refractivity contribution >= 4 is 56.0 Å². The van der Waals surface area contributed by atoms with Gasteiger partial charge in [0.05, 0.1) is 20.3 Å². The summed E-state index contributed by atoms with van der Waals surface area (Å²) < 4.78 is 20.6. The zero-order chi connectivity index (χ0) is 18.1. The fraction of sp³-hybridized carbons (Fsp3) is 0.125. The van der Waals surface area contributed by atoms with Crippen LogP contribution in [0.2, 0.25) is 10.0 Å². The fourth-order valence-electron chi connectivity index (χ4n) is 2.30. The van der Waals surface area contributed by atoms with Crippen molar-refractivity contribution in [2.24, 2.45) is 0 Å². The molecule has 0 aliphatic carbocycles. The van der Waals surface area contributed by atoms with Crippen LogP contribution in [0.15, 0.2) is 30.3 Å². The molecule has 0 bridgehead atoms. The van der Waals surface area contributed by atoms with Crippen LogP contribution in [0.3, 0.4) is 0 Å². The third kappa shape index (κ3) is 3.78. The summed E-state index contributed by atoms with van der Waals surface area (Å²) in [6.07, 6.45) is -1.86. The van der Waals surface area contributed by atoms with Gasteiger partial charge in [0.1, 0.15) is 17.7 Å². The summed E-state index contributed by atoms with van der Waals surface area (Å²) in [6, 6.07) is 7.68. The Morgan fingerprint density at radius 1 is 1.36 bits per heavy atom. The third-order valence-corrected chi connectivity index (χ3v) is 5.13. The molecule has 1 atom stereocenters. The average Bonchev–Trinajstić information content (AvgIpc) is 2.92. The topological polar surface area (TPSA) is 71.5 Å². The number of anilines is 1. The Morgan fingerprint density at radius 3 is 2.84 bits per heavy atom. The first-order valence-electron chi connectivity index (χ1n) is 7.05. The first-order valence-corrected chi connectivity index (χ1v) is 8.63. The lowest BCUT2D eigenvalue weighted by Crippen LogP contribution is -2.06. The van der Waals surface area contributed by atoms with Gasteiger partial charge in [-0.15, -0.1) is 0 Å². The van der Waals surface area contributed by atoms with Gasteiger partial charge in [-0.2, -0.15) is 0 Å². The number of ether oxygens (including phenoxy) is 1. The van der Waals surface area contributed by atoms with E-state index in [2.05, 4.69) is 10.3 Å². The molecule has 0 fully saturated rings. The minimum atomic E-state index is -1.18. The maximum atomic E-state index is 14.1. The molecule has 0 saturated carbocycles. The van der Waals surface area contributed by atoms with Crippen LogP contribution >= 0.6 is 34.5 Å². The van der Waals surface area contributed by atoms with Crippen molar-refractivity contribution in [3.63, 3.8) is 0 Å². The van der Waals surface area contributed by atoms with E-state index in [-0.39, 0.29) is 20.7 Å². The molecule has 1 aromatic heterocycles. The number of hydrogen-bond acceptors (Lipinski definition) is 4. The van der Waals surface area contributed by atoms with E-state index < -0.39 is 18.0 Å². The molecule has 3 rings (SSSR count). The van der Waals surface area contributed by atoms with E-state index in [4.69, 9.17) is 33.0 Å². The van der Waals surface area contributed by atoms with E-state index in [0.29, 0.717) is 11.3 Å². The number of carboxylic acid groups (broad SMARTS) is 1. The number of fused-ring (bicyclic) bond motifs is 1. The second kappa shape index (κ2) is 7.03. The summed E-state index contributed by atoms with van der Waals surface area (Å²) in [5.74, 6) is -0.0327. The van der Waals surface area contributed by atoms with Gasteiger partial charge in [-0.1, -0.05) is 34.5 Å². The van der Waals surface area contributed by atoms with E-state index >= 15 is 0 Å². The summed E-state index contributed by atoms with van der Waals surface area (Å²) in [4.78, 5) is 14.8. The Kier molecular flexibility index (Phi) is 4.99. The second-order valence-electron chi connectivity index (χ2n) is 5.10. The van der Waals surface area contributed by atoms with Crippen molar-refractivity contribution in [1.29, 1.82) is 0 Å². The summed E-state index contributed by atoms with van der Waals surface area (Å²) >= 11 is 13.2. The Morgan fingerprint density at radius 2 is 2.12 bits per heavy atom. The van der Waals surface area contributed by atoms with Crippen molar-refractivity contribution < 1.29 is 19.0 Å². The lowest BCUT2D eigenvalue weighted by molar-refractivity contribution is 0.209. The molecule has 5 nitrogen and oxygen atoms in total. The molecule has 1 heterocycles. The van der Waals surface area contributed by atoms with E-state index in [0.717, 1.165) is 4.70 Å². The van der Waals surface area contributed by atoms with Crippen LogP contribution in [0.4, 0.5) is 14.3 Å². The number of benzene rings is 2. The molecule has 1 amide bonds. The molecule has 2 N–H and O–H groups in total. The van der Waals surface area contributed by atoms with Crippen LogP contribution in [-0.2, 0) is 0 Å². The van der Waals surface area contributed by atoms with E-state index in [1.807, 2.05) is 0 Å². The SMILES string of the molecule is CC(Oc1ccc2nc(NC(=O)O)sc2c1)c1c(F)ccc(Cl)c1Cl. The molecule has 2 aromatic carbocycles. The second-order valence-corrected chi connectivity index (χ2v) is 6.91. The number of aromatic nitrogens is 1. The summed E-state index contributed by atoms with van der Waals surface area (Å²) in [5, 5.41) is 11.6. The van der Waals surface area contributed by atoms with Gasteiger partial charge in [0.15, 0.2) is 5.13 Å². The van der Waals surface area contributed by atoms with Crippen LogP contribution in [0.1, 0.15) is 18.6 Å². The number of nitrogens with one attached hydrogen (secondary N) is 1. The van der Waals surface area contributed by atoms with Crippen molar-refractivity contribution in [3.8, 4) is 5.75 Å². The standard InChI is InChI=1S/C16H11Cl2FN2O3S/c1-7(13-10(19)4-3-9(17)14(13)18)24-8-2-5-11-12(6-8)25-15(20-11)21-16(22)23/h2-7H,1H3,(H,20,21)(H,22,23). The zero-order valence-corrected chi connectivity index (χ0v) is 15.0. The lowest BCUT2D eigenvalue weighted by Gasteiger charge is -2.17. The predicted octanol–water partition coefficient (Wildman–Crippen LogP) is 5.97. The van der Waals surface area contributed by atoms with Gasteiger partial charge in [0.25, 0.3) is 0 Å². The van der Waals surface area contributed by atoms with Gasteiger partial charge >= 0.3 is 6.09 Å². The molecule has 0 aliphatic rings. The maximum absolute atomic E-state index is 14.1. The van der Waals surface area contributed by atoms with E-state index in [1.165, 1.54) is 23.5 Å². The number of thiazole rings is 1. The largest absolute Gasteiger partial charge is 0.486 e. The Labute approximate surface area is 156 Å².